The second-order valence-corrected chi connectivity index (χ2v) is 7.72. The summed E-state index contributed by atoms with van der Waals surface area (Å²) in [6.07, 6.45) is 0.163. The molecular weight excluding hydrogens is 364 g/mol. The second kappa shape index (κ2) is 10.2. The molecule has 0 aromatic heterocycles. The molecule has 0 radical (unpaired) electrons. The summed E-state index contributed by atoms with van der Waals surface area (Å²) >= 11 is 0. The SMILES string of the molecule is NC[C@@H]1CN(CC(=O)N(CCC(N)=O)Cc2ccccc2)C[C@H]1c1ccccc1. The molecule has 2 amide bonds. The summed E-state index contributed by atoms with van der Waals surface area (Å²) in [5.41, 5.74) is 13.6. The standard InChI is InChI=1S/C23H30N4O2/c24-13-20-15-26(16-21(20)19-9-5-2-6-10-19)17-23(29)27(12-11-22(25)28)14-18-7-3-1-4-8-18/h1-10,20-21H,11-17,24H2,(H2,25,28)/t20-,21+/m1/s1. The highest BCUT2D eigenvalue weighted by Crippen LogP contribution is 2.31. The molecule has 2 aromatic carbocycles. The van der Waals surface area contributed by atoms with Gasteiger partial charge in [0, 0.05) is 38.5 Å². The van der Waals surface area contributed by atoms with E-state index < -0.39 is 5.91 Å². The van der Waals surface area contributed by atoms with Crippen LogP contribution in [0.1, 0.15) is 23.5 Å². The minimum absolute atomic E-state index is 0.0135. The highest BCUT2D eigenvalue weighted by atomic mass is 16.2. The Labute approximate surface area is 172 Å². The fraction of sp³-hybridized carbons (Fsp3) is 0.391. The van der Waals surface area contributed by atoms with Crippen molar-refractivity contribution in [3.8, 4) is 0 Å². The summed E-state index contributed by atoms with van der Waals surface area (Å²) < 4.78 is 0. The molecule has 0 saturated carbocycles. The van der Waals surface area contributed by atoms with E-state index in [9.17, 15) is 9.59 Å². The van der Waals surface area contributed by atoms with Crippen LogP contribution in [0.3, 0.4) is 0 Å². The summed E-state index contributed by atoms with van der Waals surface area (Å²) in [6, 6.07) is 20.2. The maximum absolute atomic E-state index is 13.1. The van der Waals surface area contributed by atoms with Crippen LogP contribution >= 0.6 is 0 Å². The van der Waals surface area contributed by atoms with Gasteiger partial charge in [-0.05, 0) is 23.6 Å². The smallest absolute Gasteiger partial charge is 0.237 e. The second-order valence-electron chi connectivity index (χ2n) is 7.72. The molecule has 2 atom stereocenters. The maximum Gasteiger partial charge on any atom is 0.237 e. The minimum atomic E-state index is -0.399. The molecule has 1 aliphatic heterocycles. The monoisotopic (exact) mass is 394 g/mol. The molecule has 0 bridgehead atoms. The molecule has 1 aliphatic rings. The number of primary amides is 1. The largest absolute Gasteiger partial charge is 0.370 e. The highest BCUT2D eigenvalue weighted by molar-refractivity contribution is 5.79. The van der Waals surface area contributed by atoms with Crippen LogP contribution in [-0.4, -0.2) is 54.3 Å². The van der Waals surface area contributed by atoms with Crippen molar-refractivity contribution in [3.63, 3.8) is 0 Å². The summed E-state index contributed by atoms with van der Waals surface area (Å²) in [5.74, 6) is 0.282. The Kier molecular flexibility index (Phi) is 7.38. The predicted octanol–water partition coefficient (Wildman–Crippen LogP) is 1.56. The lowest BCUT2D eigenvalue weighted by molar-refractivity contribution is -0.133. The third-order valence-electron chi connectivity index (χ3n) is 5.60. The van der Waals surface area contributed by atoms with Gasteiger partial charge >= 0.3 is 0 Å². The Bertz CT molecular complexity index is 797. The summed E-state index contributed by atoms with van der Waals surface area (Å²) in [7, 11) is 0. The lowest BCUT2D eigenvalue weighted by Crippen LogP contribution is -2.41. The first-order chi connectivity index (χ1) is 14.1. The molecule has 1 fully saturated rings. The van der Waals surface area contributed by atoms with Gasteiger partial charge in [0.1, 0.15) is 0 Å². The number of nitrogens with two attached hydrogens (primary N) is 2. The Morgan fingerprint density at radius 1 is 1.00 bits per heavy atom. The molecule has 29 heavy (non-hydrogen) atoms. The fourth-order valence-corrected chi connectivity index (χ4v) is 4.04. The first-order valence-corrected chi connectivity index (χ1v) is 10.1. The van der Waals surface area contributed by atoms with Crippen molar-refractivity contribution >= 4 is 11.8 Å². The van der Waals surface area contributed by atoms with Crippen molar-refractivity contribution in [2.45, 2.75) is 18.9 Å². The molecule has 1 heterocycles. The number of nitrogens with zero attached hydrogens (tertiary/aromatic N) is 2. The van der Waals surface area contributed by atoms with Crippen LogP contribution in [0.15, 0.2) is 60.7 Å². The average molecular weight is 395 g/mol. The lowest BCUT2D eigenvalue weighted by atomic mass is 9.89. The first-order valence-electron chi connectivity index (χ1n) is 10.1. The van der Waals surface area contributed by atoms with Gasteiger partial charge in [0.2, 0.25) is 11.8 Å². The van der Waals surface area contributed by atoms with Crippen molar-refractivity contribution in [3.05, 3.63) is 71.8 Å². The number of hydrogen-bond acceptors (Lipinski definition) is 4. The lowest BCUT2D eigenvalue weighted by Gasteiger charge is -2.25. The number of carbonyl (C=O) groups is 2. The van der Waals surface area contributed by atoms with Gasteiger partial charge in [-0.15, -0.1) is 0 Å². The molecule has 154 valence electrons. The molecule has 2 aromatic rings. The Morgan fingerprint density at radius 2 is 1.66 bits per heavy atom. The summed E-state index contributed by atoms with van der Waals surface area (Å²) in [6.45, 7) is 3.34. The molecule has 6 nitrogen and oxygen atoms in total. The average Bonchev–Trinajstić information content (AvgIpc) is 3.15. The molecule has 3 rings (SSSR count). The zero-order chi connectivity index (χ0) is 20.6. The number of benzene rings is 2. The normalized spacial score (nSPS) is 19.2. The van der Waals surface area contributed by atoms with Gasteiger partial charge in [-0.3, -0.25) is 14.5 Å². The number of rotatable bonds is 9. The number of amides is 2. The molecule has 1 saturated heterocycles. The van der Waals surface area contributed by atoms with Gasteiger partial charge in [0.05, 0.1) is 6.54 Å². The van der Waals surface area contributed by atoms with Crippen molar-refractivity contribution in [1.29, 1.82) is 0 Å². The third-order valence-corrected chi connectivity index (χ3v) is 5.60. The molecule has 0 unspecified atom stereocenters. The number of likely N-dealkylation sites (tertiary alicyclic amines) is 1. The molecule has 0 aliphatic carbocycles. The van der Waals surface area contributed by atoms with E-state index in [1.54, 1.807) is 4.90 Å². The molecular formula is C23H30N4O2. The maximum atomic E-state index is 13.1. The van der Waals surface area contributed by atoms with Crippen LogP contribution < -0.4 is 11.5 Å². The van der Waals surface area contributed by atoms with E-state index in [-0.39, 0.29) is 12.3 Å². The van der Waals surface area contributed by atoms with E-state index in [1.807, 2.05) is 48.5 Å². The van der Waals surface area contributed by atoms with Gasteiger partial charge in [0.15, 0.2) is 0 Å². The van der Waals surface area contributed by atoms with Crippen molar-refractivity contribution in [1.82, 2.24) is 9.80 Å². The summed E-state index contributed by atoms with van der Waals surface area (Å²) in [5, 5.41) is 0. The quantitative estimate of drug-likeness (QED) is 0.675. The zero-order valence-corrected chi connectivity index (χ0v) is 16.7. The number of hydrogen-bond donors (Lipinski definition) is 2. The topological polar surface area (TPSA) is 92.7 Å². The van der Waals surface area contributed by atoms with Crippen LogP contribution in [0.5, 0.6) is 0 Å². The van der Waals surface area contributed by atoms with Crippen LogP contribution in [0.25, 0.3) is 0 Å². The zero-order valence-electron chi connectivity index (χ0n) is 16.7. The summed E-state index contributed by atoms with van der Waals surface area (Å²) in [4.78, 5) is 28.2. The van der Waals surface area contributed by atoms with E-state index in [2.05, 4.69) is 17.0 Å². The molecule has 4 N–H and O–H groups in total. The predicted molar refractivity (Wildman–Crippen MR) is 114 cm³/mol. The van der Waals surface area contributed by atoms with Gasteiger partial charge in [-0.1, -0.05) is 60.7 Å². The van der Waals surface area contributed by atoms with Crippen LogP contribution in [0.2, 0.25) is 0 Å². The van der Waals surface area contributed by atoms with Crippen LogP contribution in [0, 0.1) is 5.92 Å². The Morgan fingerprint density at radius 3 is 2.28 bits per heavy atom. The van der Waals surface area contributed by atoms with Crippen molar-refractivity contribution in [2.75, 3.05) is 32.7 Å². The van der Waals surface area contributed by atoms with E-state index >= 15 is 0 Å². The molecule has 0 spiro atoms. The third kappa shape index (κ3) is 5.89. The van der Waals surface area contributed by atoms with Crippen molar-refractivity contribution in [2.24, 2.45) is 17.4 Å². The van der Waals surface area contributed by atoms with Gasteiger partial charge in [-0.2, -0.15) is 0 Å². The molecule has 6 heteroatoms. The van der Waals surface area contributed by atoms with Crippen molar-refractivity contribution < 1.29 is 9.59 Å². The van der Waals surface area contributed by atoms with Gasteiger partial charge in [0.25, 0.3) is 0 Å². The van der Waals surface area contributed by atoms with E-state index in [0.29, 0.717) is 38.0 Å². The highest BCUT2D eigenvalue weighted by Gasteiger charge is 2.34. The fourth-order valence-electron chi connectivity index (χ4n) is 4.04. The Hall–Kier alpha value is -2.70. The van der Waals surface area contributed by atoms with Crippen LogP contribution in [0.4, 0.5) is 0 Å². The minimum Gasteiger partial charge on any atom is -0.370 e. The van der Waals surface area contributed by atoms with Gasteiger partial charge in [-0.25, -0.2) is 0 Å². The van der Waals surface area contributed by atoms with Crippen LogP contribution in [-0.2, 0) is 16.1 Å². The van der Waals surface area contributed by atoms with E-state index in [0.717, 1.165) is 18.7 Å². The first kappa shape index (κ1) is 21.0. The van der Waals surface area contributed by atoms with Gasteiger partial charge < -0.3 is 16.4 Å². The Balaban J connectivity index is 1.65. The van der Waals surface area contributed by atoms with E-state index in [4.69, 9.17) is 11.5 Å². The number of carbonyl (C=O) groups excluding carboxylic acids is 2. The van der Waals surface area contributed by atoms with E-state index in [1.165, 1.54) is 5.56 Å².